The van der Waals surface area contributed by atoms with Gasteiger partial charge < -0.3 is 15.6 Å². The molecule has 1 aromatic carbocycles. The van der Waals surface area contributed by atoms with E-state index < -0.39 is 23.5 Å². The molecular formula is C13H9F3N2O3. The van der Waals surface area contributed by atoms with E-state index in [0.29, 0.717) is 0 Å². The zero-order valence-electron chi connectivity index (χ0n) is 10.4. The van der Waals surface area contributed by atoms with Gasteiger partial charge in [0, 0.05) is 6.20 Å². The minimum Gasteiger partial charge on any atom is -0.478 e. The maximum atomic E-state index is 12.8. The Bertz CT molecular complexity index is 687. The number of carboxylic acids is 1. The Morgan fingerprint density at radius 3 is 2.52 bits per heavy atom. The van der Waals surface area contributed by atoms with E-state index in [1.54, 1.807) is 0 Å². The van der Waals surface area contributed by atoms with Gasteiger partial charge in [0.15, 0.2) is 0 Å². The van der Waals surface area contributed by atoms with Gasteiger partial charge in [-0.25, -0.2) is 9.78 Å². The van der Waals surface area contributed by atoms with Crippen LogP contribution in [-0.2, 0) is 6.18 Å². The van der Waals surface area contributed by atoms with Gasteiger partial charge in [-0.15, -0.1) is 0 Å². The molecule has 0 radical (unpaired) electrons. The lowest BCUT2D eigenvalue weighted by molar-refractivity contribution is -0.138. The topological polar surface area (TPSA) is 85.4 Å². The van der Waals surface area contributed by atoms with Crippen molar-refractivity contribution in [2.24, 2.45) is 0 Å². The van der Waals surface area contributed by atoms with Gasteiger partial charge in [-0.2, -0.15) is 13.2 Å². The number of pyridine rings is 1. The summed E-state index contributed by atoms with van der Waals surface area (Å²) < 4.78 is 43.5. The molecule has 0 aliphatic rings. The first-order chi connectivity index (χ1) is 9.79. The van der Waals surface area contributed by atoms with E-state index in [2.05, 4.69) is 4.98 Å². The highest BCUT2D eigenvalue weighted by atomic mass is 19.4. The molecule has 0 saturated heterocycles. The summed E-state index contributed by atoms with van der Waals surface area (Å²) in [6, 6.07) is 5.62. The van der Waals surface area contributed by atoms with Crippen LogP contribution in [0.15, 0.2) is 36.5 Å². The van der Waals surface area contributed by atoms with Crippen LogP contribution in [-0.4, -0.2) is 16.1 Å². The number of hydrogen-bond donors (Lipinski definition) is 2. The number of nitrogens with two attached hydrogens (primary N) is 1. The zero-order chi connectivity index (χ0) is 15.6. The lowest BCUT2D eigenvalue weighted by atomic mass is 10.2. The molecule has 1 heterocycles. The van der Waals surface area contributed by atoms with Gasteiger partial charge in [0.25, 0.3) is 0 Å². The van der Waals surface area contributed by atoms with E-state index in [4.69, 9.17) is 15.6 Å². The molecule has 21 heavy (non-hydrogen) atoms. The highest BCUT2D eigenvalue weighted by molar-refractivity contribution is 5.88. The number of rotatable bonds is 3. The van der Waals surface area contributed by atoms with E-state index in [-0.39, 0.29) is 17.1 Å². The highest BCUT2D eigenvalue weighted by Crippen LogP contribution is 2.38. The van der Waals surface area contributed by atoms with Crippen LogP contribution < -0.4 is 10.5 Å². The van der Waals surface area contributed by atoms with Crippen LogP contribution in [0.4, 0.5) is 18.9 Å². The number of nitrogen functional groups attached to an aromatic ring is 1. The summed E-state index contributed by atoms with van der Waals surface area (Å²) in [5, 5.41) is 8.76. The molecule has 0 fully saturated rings. The predicted octanol–water partition coefficient (Wildman–Crippen LogP) is 3.17. The average molecular weight is 298 g/mol. The molecule has 0 saturated carbocycles. The van der Waals surface area contributed by atoms with Crippen LogP contribution in [0.2, 0.25) is 0 Å². The molecule has 110 valence electrons. The van der Waals surface area contributed by atoms with Gasteiger partial charge in [0.05, 0.1) is 16.8 Å². The van der Waals surface area contributed by atoms with Crippen molar-refractivity contribution in [3.05, 3.63) is 47.7 Å². The number of aromatic nitrogens is 1. The van der Waals surface area contributed by atoms with Gasteiger partial charge in [0.1, 0.15) is 5.75 Å². The zero-order valence-corrected chi connectivity index (χ0v) is 10.4. The first-order valence-corrected chi connectivity index (χ1v) is 5.62. The van der Waals surface area contributed by atoms with Crippen LogP contribution in [0.1, 0.15) is 15.9 Å². The van der Waals surface area contributed by atoms with E-state index in [9.17, 15) is 18.0 Å². The fraction of sp³-hybridized carbons (Fsp3) is 0.0769. The molecular weight excluding hydrogens is 289 g/mol. The van der Waals surface area contributed by atoms with E-state index in [0.717, 1.165) is 24.4 Å². The number of halogens is 3. The molecule has 0 atom stereocenters. The van der Waals surface area contributed by atoms with Crippen LogP contribution >= 0.6 is 0 Å². The first-order valence-electron chi connectivity index (χ1n) is 5.62. The Morgan fingerprint density at radius 2 is 1.95 bits per heavy atom. The average Bonchev–Trinajstić information content (AvgIpc) is 2.40. The number of ether oxygens (including phenoxy) is 1. The third-order valence-electron chi connectivity index (χ3n) is 2.52. The number of para-hydroxylation sites is 1. The van der Waals surface area contributed by atoms with E-state index in [1.165, 1.54) is 12.1 Å². The van der Waals surface area contributed by atoms with E-state index >= 15 is 0 Å². The third-order valence-corrected chi connectivity index (χ3v) is 2.52. The summed E-state index contributed by atoms with van der Waals surface area (Å²) >= 11 is 0. The minimum absolute atomic E-state index is 0.174. The lowest BCUT2D eigenvalue weighted by Crippen LogP contribution is -2.08. The van der Waals surface area contributed by atoms with Gasteiger partial charge in [0.2, 0.25) is 5.88 Å². The van der Waals surface area contributed by atoms with Crippen LogP contribution in [0.25, 0.3) is 0 Å². The van der Waals surface area contributed by atoms with Crippen molar-refractivity contribution in [3.8, 4) is 11.6 Å². The maximum absolute atomic E-state index is 12.8. The van der Waals surface area contributed by atoms with Gasteiger partial charge in [-0.05, 0) is 18.2 Å². The number of anilines is 1. The second kappa shape index (κ2) is 5.31. The summed E-state index contributed by atoms with van der Waals surface area (Å²) in [6.45, 7) is 0. The summed E-state index contributed by atoms with van der Waals surface area (Å²) in [7, 11) is 0. The van der Waals surface area contributed by atoms with Crippen molar-refractivity contribution < 1.29 is 27.8 Å². The molecule has 0 spiro atoms. The molecule has 0 bridgehead atoms. The van der Waals surface area contributed by atoms with Crippen molar-refractivity contribution in [2.45, 2.75) is 6.18 Å². The summed E-state index contributed by atoms with van der Waals surface area (Å²) in [6.07, 6.45) is -3.64. The molecule has 0 aliphatic carbocycles. The number of benzene rings is 1. The molecule has 0 amide bonds. The van der Waals surface area contributed by atoms with Gasteiger partial charge in [-0.1, -0.05) is 12.1 Å². The van der Waals surface area contributed by atoms with Crippen molar-refractivity contribution in [3.63, 3.8) is 0 Å². The number of nitrogens with zero attached hydrogens (tertiary/aromatic N) is 1. The summed E-state index contributed by atoms with van der Waals surface area (Å²) in [4.78, 5) is 14.3. The largest absolute Gasteiger partial charge is 0.478 e. The smallest absolute Gasteiger partial charge is 0.419 e. The predicted molar refractivity (Wildman–Crippen MR) is 67.1 cm³/mol. The molecule has 0 aliphatic heterocycles. The SMILES string of the molecule is Nc1cc(C(=O)O)cnc1Oc1ccccc1C(F)(F)F. The number of aromatic carboxylic acids is 1. The molecule has 2 aromatic rings. The highest BCUT2D eigenvalue weighted by Gasteiger charge is 2.34. The monoisotopic (exact) mass is 298 g/mol. The maximum Gasteiger partial charge on any atom is 0.419 e. The number of carbonyl (C=O) groups is 1. The van der Waals surface area contributed by atoms with Gasteiger partial charge >= 0.3 is 12.1 Å². The second-order valence-electron chi connectivity index (χ2n) is 4.02. The van der Waals surface area contributed by atoms with Crippen LogP contribution in [0.3, 0.4) is 0 Å². The molecule has 2 rings (SSSR count). The first kappa shape index (κ1) is 14.6. The van der Waals surface area contributed by atoms with Crippen molar-refractivity contribution in [1.29, 1.82) is 0 Å². The number of hydrogen-bond acceptors (Lipinski definition) is 4. The van der Waals surface area contributed by atoms with Crippen LogP contribution in [0.5, 0.6) is 11.6 Å². The number of carboxylic acid groups (broad SMARTS) is 1. The molecule has 3 N–H and O–H groups in total. The molecule has 8 heteroatoms. The summed E-state index contributed by atoms with van der Waals surface area (Å²) in [5.41, 5.74) is 4.19. The normalized spacial score (nSPS) is 11.2. The molecule has 0 unspecified atom stereocenters. The standard InChI is InChI=1S/C13H9F3N2O3/c14-13(15,16)8-3-1-2-4-10(8)21-11-9(17)5-7(6-18-11)12(19)20/h1-6H,17H2,(H,19,20). The van der Waals surface area contributed by atoms with E-state index in [1.807, 2.05) is 0 Å². The Hall–Kier alpha value is -2.77. The van der Waals surface area contributed by atoms with Crippen molar-refractivity contribution in [1.82, 2.24) is 4.98 Å². The summed E-state index contributed by atoms with van der Waals surface area (Å²) in [5.74, 6) is -2.01. The second-order valence-corrected chi connectivity index (χ2v) is 4.02. The fourth-order valence-electron chi connectivity index (χ4n) is 1.57. The third kappa shape index (κ3) is 3.22. The molecule has 5 nitrogen and oxygen atoms in total. The molecule has 1 aromatic heterocycles. The van der Waals surface area contributed by atoms with Crippen molar-refractivity contribution >= 4 is 11.7 Å². The quantitative estimate of drug-likeness (QED) is 0.909. The van der Waals surface area contributed by atoms with Gasteiger partial charge in [-0.3, -0.25) is 0 Å². The van der Waals surface area contributed by atoms with Crippen molar-refractivity contribution in [2.75, 3.05) is 5.73 Å². The Labute approximate surface area is 116 Å². The fourth-order valence-corrected chi connectivity index (χ4v) is 1.57. The Morgan fingerprint density at radius 1 is 1.29 bits per heavy atom. The number of alkyl halides is 3. The minimum atomic E-state index is -4.59. The Balaban J connectivity index is 2.38. The van der Waals surface area contributed by atoms with Crippen LogP contribution in [0, 0.1) is 0 Å². The Kier molecular flexibility index (Phi) is 3.70. The lowest BCUT2D eigenvalue weighted by Gasteiger charge is -2.13.